The molecule has 5 nitrogen and oxygen atoms in total. The predicted molar refractivity (Wildman–Crippen MR) is 74.2 cm³/mol. The highest BCUT2D eigenvalue weighted by Gasteiger charge is 2.62. The minimum Gasteiger partial charge on any atom is -0.350 e. The van der Waals surface area contributed by atoms with Gasteiger partial charge < -0.3 is 10.1 Å². The van der Waals surface area contributed by atoms with Crippen LogP contribution in [0, 0.1) is 0 Å². The van der Waals surface area contributed by atoms with Crippen molar-refractivity contribution < 1.29 is 14.3 Å². The Hall–Kier alpha value is -0.520. The van der Waals surface area contributed by atoms with Crippen LogP contribution in [-0.2, 0) is 9.53 Å². The maximum atomic E-state index is 12.4. The Labute approximate surface area is 123 Å². The number of carbonyl (C=O) groups is 2. The molecule has 0 bridgehead atoms. The van der Waals surface area contributed by atoms with E-state index in [-0.39, 0.29) is 6.10 Å². The van der Waals surface area contributed by atoms with E-state index in [4.69, 9.17) is 27.9 Å². The lowest BCUT2D eigenvalue weighted by atomic mass is 10.00. The van der Waals surface area contributed by atoms with Gasteiger partial charge in [-0.15, -0.1) is 0 Å². The summed E-state index contributed by atoms with van der Waals surface area (Å²) in [6, 6.07) is -0.572. The van der Waals surface area contributed by atoms with Gasteiger partial charge in [-0.05, 0) is 41.5 Å². The van der Waals surface area contributed by atoms with E-state index in [2.05, 4.69) is 5.32 Å². The van der Waals surface area contributed by atoms with Crippen molar-refractivity contribution in [2.24, 2.45) is 0 Å². The van der Waals surface area contributed by atoms with Crippen LogP contribution in [-0.4, -0.2) is 38.5 Å². The second-order valence-corrected chi connectivity index (χ2v) is 7.34. The van der Waals surface area contributed by atoms with Gasteiger partial charge in [-0.1, -0.05) is 23.2 Å². The lowest BCUT2D eigenvalue weighted by Gasteiger charge is -2.50. The molecule has 0 radical (unpaired) electrons. The molecule has 1 rings (SSSR count). The van der Waals surface area contributed by atoms with E-state index >= 15 is 0 Å². The molecule has 0 saturated carbocycles. The van der Waals surface area contributed by atoms with Crippen LogP contribution >= 0.6 is 23.2 Å². The first kappa shape index (κ1) is 16.5. The molecule has 1 aliphatic heterocycles. The van der Waals surface area contributed by atoms with E-state index < -0.39 is 27.5 Å². The predicted octanol–water partition coefficient (Wildman–Crippen LogP) is 2.65. The van der Waals surface area contributed by atoms with Gasteiger partial charge in [-0.2, -0.15) is 0 Å². The highest BCUT2D eigenvalue weighted by molar-refractivity contribution is 6.60. The highest BCUT2D eigenvalue weighted by atomic mass is 35.5. The number of alkyl halides is 2. The van der Waals surface area contributed by atoms with Gasteiger partial charge in [0.15, 0.2) is 5.72 Å². The van der Waals surface area contributed by atoms with Crippen LogP contribution in [0.3, 0.4) is 0 Å². The number of amides is 3. The second-order valence-electron chi connectivity index (χ2n) is 6.02. The third-order valence-corrected chi connectivity index (χ3v) is 3.81. The molecule has 19 heavy (non-hydrogen) atoms. The Morgan fingerprint density at radius 3 is 2.11 bits per heavy atom. The molecule has 0 aromatic carbocycles. The Kier molecular flexibility index (Phi) is 4.17. The van der Waals surface area contributed by atoms with Gasteiger partial charge in [0.1, 0.15) is 0 Å². The quantitative estimate of drug-likeness (QED) is 0.798. The van der Waals surface area contributed by atoms with Crippen LogP contribution < -0.4 is 5.32 Å². The first-order valence-corrected chi connectivity index (χ1v) is 6.81. The minimum absolute atomic E-state index is 0.254. The molecule has 1 heterocycles. The van der Waals surface area contributed by atoms with Gasteiger partial charge in [0.25, 0.3) is 5.91 Å². The largest absolute Gasteiger partial charge is 0.350 e. The fourth-order valence-corrected chi connectivity index (χ4v) is 2.31. The molecule has 3 amide bonds. The topological polar surface area (TPSA) is 58.6 Å². The Morgan fingerprint density at radius 1 is 1.26 bits per heavy atom. The van der Waals surface area contributed by atoms with Crippen molar-refractivity contribution in [3.05, 3.63) is 0 Å². The summed E-state index contributed by atoms with van der Waals surface area (Å²) in [6.07, 6.45) is -0.254. The molecule has 1 atom stereocenters. The van der Waals surface area contributed by atoms with Crippen molar-refractivity contribution in [1.82, 2.24) is 10.2 Å². The number of nitrogens with one attached hydrogen (secondary N) is 1. The second kappa shape index (κ2) is 4.79. The number of ether oxygens (including phenoxy) is 1. The van der Waals surface area contributed by atoms with Gasteiger partial charge in [0, 0.05) is 5.54 Å². The van der Waals surface area contributed by atoms with Gasteiger partial charge in [0.05, 0.1) is 6.10 Å². The zero-order valence-corrected chi connectivity index (χ0v) is 13.5. The maximum Gasteiger partial charge on any atom is 0.326 e. The molecule has 0 aromatic rings. The lowest BCUT2D eigenvalue weighted by Crippen LogP contribution is -2.75. The van der Waals surface area contributed by atoms with Crippen LogP contribution in [0.2, 0.25) is 0 Å². The van der Waals surface area contributed by atoms with Crippen LogP contribution in [0.5, 0.6) is 0 Å². The van der Waals surface area contributed by atoms with E-state index in [1.54, 1.807) is 34.6 Å². The molecule has 0 aromatic heterocycles. The first-order valence-electron chi connectivity index (χ1n) is 6.05. The SMILES string of the molecule is CC(C)OC1(C)NC(=O)N(C(C)(C)C)C(=O)C1(Cl)Cl. The molecule has 1 fully saturated rings. The summed E-state index contributed by atoms with van der Waals surface area (Å²) in [5.41, 5.74) is -2.20. The average Bonchev–Trinajstić information content (AvgIpc) is 2.11. The Bertz CT molecular complexity index is 404. The highest BCUT2D eigenvalue weighted by Crippen LogP contribution is 2.42. The minimum atomic E-state index is -1.89. The van der Waals surface area contributed by atoms with E-state index in [1.165, 1.54) is 6.92 Å². The maximum absolute atomic E-state index is 12.4. The normalized spacial score (nSPS) is 27.7. The van der Waals surface area contributed by atoms with Crippen LogP contribution in [0.15, 0.2) is 0 Å². The number of carbonyl (C=O) groups excluding carboxylic acids is 2. The molecule has 110 valence electrons. The van der Waals surface area contributed by atoms with Crippen molar-refractivity contribution >= 4 is 35.1 Å². The average molecular weight is 311 g/mol. The number of imide groups is 1. The Balaban J connectivity index is 3.22. The van der Waals surface area contributed by atoms with Gasteiger partial charge in [-0.25, -0.2) is 4.79 Å². The standard InChI is InChI=1S/C12H20Cl2N2O3/c1-7(2)19-11(6)12(13,14)8(17)16(9(18)15-11)10(3,4)5/h7H,1-6H3,(H,15,18). The Morgan fingerprint density at radius 2 is 1.74 bits per heavy atom. The van der Waals surface area contributed by atoms with E-state index in [0.29, 0.717) is 0 Å². The molecular weight excluding hydrogens is 291 g/mol. The van der Waals surface area contributed by atoms with Crippen LogP contribution in [0.4, 0.5) is 4.79 Å². The summed E-state index contributed by atoms with van der Waals surface area (Å²) < 4.78 is 3.66. The van der Waals surface area contributed by atoms with Gasteiger partial charge >= 0.3 is 6.03 Å². The van der Waals surface area contributed by atoms with Crippen molar-refractivity contribution in [2.45, 2.75) is 63.2 Å². The molecule has 0 spiro atoms. The number of urea groups is 1. The number of hydrogen-bond donors (Lipinski definition) is 1. The summed E-state index contributed by atoms with van der Waals surface area (Å²) in [5, 5.41) is 2.58. The van der Waals surface area contributed by atoms with E-state index in [1.807, 2.05) is 0 Å². The molecule has 1 unspecified atom stereocenters. The van der Waals surface area contributed by atoms with Crippen molar-refractivity contribution in [1.29, 1.82) is 0 Å². The van der Waals surface area contributed by atoms with Crippen LogP contribution in [0.25, 0.3) is 0 Å². The van der Waals surface area contributed by atoms with Gasteiger partial charge in [-0.3, -0.25) is 9.69 Å². The number of hydrogen-bond acceptors (Lipinski definition) is 3. The van der Waals surface area contributed by atoms with Crippen molar-refractivity contribution in [2.75, 3.05) is 0 Å². The van der Waals surface area contributed by atoms with Crippen LogP contribution in [0.1, 0.15) is 41.5 Å². The zero-order valence-electron chi connectivity index (χ0n) is 12.0. The molecule has 0 aliphatic carbocycles. The molecular formula is C12H20Cl2N2O3. The summed E-state index contributed by atoms with van der Waals surface area (Å²) in [7, 11) is 0. The number of halogens is 2. The summed E-state index contributed by atoms with van der Waals surface area (Å²) in [4.78, 5) is 25.6. The summed E-state index contributed by atoms with van der Waals surface area (Å²) >= 11 is 12.3. The lowest BCUT2D eigenvalue weighted by molar-refractivity contribution is -0.154. The molecule has 1 N–H and O–H groups in total. The van der Waals surface area contributed by atoms with Crippen molar-refractivity contribution in [3.8, 4) is 0 Å². The monoisotopic (exact) mass is 310 g/mol. The molecule has 1 saturated heterocycles. The van der Waals surface area contributed by atoms with E-state index in [0.717, 1.165) is 4.90 Å². The number of nitrogens with zero attached hydrogens (tertiary/aromatic N) is 1. The molecule has 1 aliphatic rings. The van der Waals surface area contributed by atoms with Gasteiger partial charge in [0.2, 0.25) is 4.33 Å². The zero-order chi connectivity index (χ0) is 15.2. The fourth-order valence-electron chi connectivity index (χ4n) is 1.96. The molecule has 7 heteroatoms. The summed E-state index contributed by atoms with van der Waals surface area (Å²) in [6.45, 7) is 10.2. The smallest absolute Gasteiger partial charge is 0.326 e. The summed E-state index contributed by atoms with van der Waals surface area (Å²) in [5.74, 6) is -0.685. The fraction of sp³-hybridized carbons (Fsp3) is 0.833. The number of rotatable bonds is 2. The van der Waals surface area contributed by atoms with Crippen molar-refractivity contribution in [3.63, 3.8) is 0 Å². The first-order chi connectivity index (χ1) is 8.33. The third kappa shape index (κ3) is 2.83. The third-order valence-electron chi connectivity index (χ3n) is 2.76. The van der Waals surface area contributed by atoms with E-state index in [9.17, 15) is 9.59 Å².